The Labute approximate surface area is 250 Å². The summed E-state index contributed by atoms with van der Waals surface area (Å²) in [5.41, 5.74) is 0.336. The minimum absolute atomic E-state index is 0.0581. The number of Topliss-reactive ketones (excluding diaryl/α,β-unsaturated/α-hetero) is 1. The average molecular weight is 599 g/mol. The van der Waals surface area contributed by atoms with Gasteiger partial charge in [0.05, 0.1) is 33.0 Å². The second-order valence-electron chi connectivity index (χ2n) is 11.2. The molecule has 2 amide bonds. The van der Waals surface area contributed by atoms with Crippen molar-refractivity contribution in [3.8, 4) is 11.5 Å². The monoisotopic (exact) mass is 598 g/mol. The summed E-state index contributed by atoms with van der Waals surface area (Å²) in [6.45, 7) is -0.553. The van der Waals surface area contributed by atoms with Crippen LogP contribution in [0.25, 0.3) is 0 Å². The molecule has 2 bridgehead atoms. The highest BCUT2D eigenvalue weighted by Gasteiger charge is 2.67. The van der Waals surface area contributed by atoms with E-state index in [0.717, 1.165) is 6.42 Å². The summed E-state index contributed by atoms with van der Waals surface area (Å²) in [7, 11) is 0. The minimum Gasteiger partial charge on any atom is -0.454 e. The Morgan fingerprint density at radius 1 is 0.907 bits per heavy atom. The maximum Gasteiger partial charge on any atom is 0.338 e. The Morgan fingerprint density at radius 3 is 2.21 bits per heavy atom. The van der Waals surface area contributed by atoms with E-state index >= 15 is 0 Å². The van der Waals surface area contributed by atoms with Crippen LogP contribution in [0.1, 0.15) is 27.1 Å². The summed E-state index contributed by atoms with van der Waals surface area (Å²) >= 11 is 6.07. The molecule has 3 aromatic rings. The van der Waals surface area contributed by atoms with Gasteiger partial charge in [-0.1, -0.05) is 35.9 Å². The van der Waals surface area contributed by atoms with Crippen LogP contribution in [0.5, 0.6) is 11.5 Å². The van der Waals surface area contributed by atoms with Crippen molar-refractivity contribution in [1.29, 1.82) is 0 Å². The SMILES string of the molecule is O=C(COC(=O)c1cccc(N2C(=O)[C@@H]3[C@@H]4C=C[C@H]([C@@H]5C[C@H]45)[C@H]3C2=O)c1)c1ccc(Oc2c(Cl)cccc2[N+](=O)[O-])cc1. The van der Waals surface area contributed by atoms with Crippen molar-refractivity contribution in [2.45, 2.75) is 6.42 Å². The fourth-order valence-electron chi connectivity index (χ4n) is 6.85. The summed E-state index contributed by atoms with van der Waals surface area (Å²) in [5, 5.41) is 11.3. The van der Waals surface area contributed by atoms with Crippen LogP contribution in [-0.4, -0.2) is 35.1 Å². The highest BCUT2D eigenvalue weighted by Crippen LogP contribution is 2.65. The van der Waals surface area contributed by atoms with E-state index in [2.05, 4.69) is 12.2 Å². The molecule has 1 saturated heterocycles. The summed E-state index contributed by atoms with van der Waals surface area (Å²) in [4.78, 5) is 64.3. The van der Waals surface area contributed by atoms with Crippen molar-refractivity contribution in [2.24, 2.45) is 35.5 Å². The van der Waals surface area contributed by atoms with E-state index < -0.39 is 23.3 Å². The number of nitrogens with zero attached hydrogens (tertiary/aromatic N) is 2. The van der Waals surface area contributed by atoms with Gasteiger partial charge in [0, 0.05) is 11.6 Å². The number of allylic oxidation sites excluding steroid dienone is 2. The number of ether oxygens (including phenoxy) is 2. The van der Waals surface area contributed by atoms with Gasteiger partial charge < -0.3 is 9.47 Å². The molecule has 0 radical (unpaired) electrons. The van der Waals surface area contributed by atoms with Crippen molar-refractivity contribution in [3.63, 3.8) is 0 Å². The third-order valence-corrected chi connectivity index (χ3v) is 9.17. The number of anilines is 1. The van der Waals surface area contributed by atoms with Gasteiger partial charge in [-0.05, 0) is 78.6 Å². The van der Waals surface area contributed by atoms with E-state index in [1.165, 1.54) is 59.5 Å². The molecule has 2 saturated carbocycles. The van der Waals surface area contributed by atoms with Crippen LogP contribution in [0.2, 0.25) is 5.02 Å². The Balaban J connectivity index is 0.999. The van der Waals surface area contributed by atoms with Crippen LogP contribution in [0.4, 0.5) is 11.4 Å². The van der Waals surface area contributed by atoms with Crippen molar-refractivity contribution >= 4 is 46.5 Å². The zero-order valence-corrected chi connectivity index (χ0v) is 23.2. The van der Waals surface area contributed by atoms with Crippen LogP contribution in [0.15, 0.2) is 78.9 Å². The lowest BCUT2D eigenvalue weighted by atomic mass is 9.63. The lowest BCUT2D eigenvalue weighted by Crippen LogP contribution is -2.40. The lowest BCUT2D eigenvalue weighted by molar-refractivity contribution is -0.385. The van der Waals surface area contributed by atoms with E-state index in [0.29, 0.717) is 17.5 Å². The first-order valence-corrected chi connectivity index (χ1v) is 14.2. The lowest BCUT2D eigenvalue weighted by Gasteiger charge is -2.37. The number of esters is 1. The number of carbonyl (C=O) groups is 4. The molecule has 1 aliphatic heterocycles. The number of rotatable bonds is 8. The summed E-state index contributed by atoms with van der Waals surface area (Å²) in [6.07, 6.45) is 5.28. The highest BCUT2D eigenvalue weighted by molar-refractivity contribution is 6.32. The second-order valence-corrected chi connectivity index (χ2v) is 11.6. The smallest absolute Gasteiger partial charge is 0.338 e. The first-order valence-electron chi connectivity index (χ1n) is 13.8. The first-order chi connectivity index (χ1) is 20.7. The van der Waals surface area contributed by atoms with E-state index in [9.17, 15) is 29.3 Å². The number of hydrogen-bond donors (Lipinski definition) is 0. The molecule has 0 aromatic heterocycles. The van der Waals surface area contributed by atoms with Gasteiger partial charge in [0.25, 0.3) is 0 Å². The molecule has 1 heterocycles. The Morgan fingerprint density at radius 2 is 1.56 bits per heavy atom. The normalized spacial score (nSPS) is 26.1. The maximum absolute atomic E-state index is 13.4. The van der Waals surface area contributed by atoms with Crippen LogP contribution in [0.3, 0.4) is 0 Å². The van der Waals surface area contributed by atoms with Crippen molar-refractivity contribution in [3.05, 3.63) is 105 Å². The maximum atomic E-state index is 13.4. The number of imide groups is 1. The van der Waals surface area contributed by atoms with Gasteiger partial charge in [-0.2, -0.15) is 0 Å². The first kappa shape index (κ1) is 27.0. The van der Waals surface area contributed by atoms with Gasteiger partial charge in [-0.15, -0.1) is 0 Å². The Kier molecular flexibility index (Phi) is 6.39. The number of nitro benzene ring substituents is 1. The van der Waals surface area contributed by atoms with Crippen LogP contribution in [-0.2, 0) is 14.3 Å². The number of amides is 2. The quantitative estimate of drug-likeness (QED) is 0.0812. The van der Waals surface area contributed by atoms with Crippen molar-refractivity contribution in [1.82, 2.24) is 0 Å². The molecular formula is C32H23ClN2O8. The van der Waals surface area contributed by atoms with E-state index in [1.807, 2.05) is 0 Å². The van der Waals surface area contributed by atoms with E-state index in [-0.39, 0.29) is 68.8 Å². The topological polar surface area (TPSA) is 133 Å². The number of halogens is 1. The molecule has 10 nitrogen and oxygen atoms in total. The summed E-state index contributed by atoms with van der Waals surface area (Å²) in [5.74, 6) is -1.17. The fraction of sp³-hybridized carbons (Fsp3) is 0.250. The van der Waals surface area contributed by atoms with Gasteiger partial charge in [0.1, 0.15) is 5.75 Å². The van der Waals surface area contributed by atoms with Crippen LogP contribution >= 0.6 is 11.6 Å². The van der Waals surface area contributed by atoms with Gasteiger partial charge >= 0.3 is 11.7 Å². The highest BCUT2D eigenvalue weighted by atomic mass is 35.5. The van der Waals surface area contributed by atoms with Crippen LogP contribution in [0, 0.1) is 45.6 Å². The molecule has 216 valence electrons. The number of hydrogen-bond acceptors (Lipinski definition) is 8. The molecule has 3 aromatic carbocycles. The summed E-state index contributed by atoms with van der Waals surface area (Å²) in [6, 6.07) is 16.0. The number of ketones is 1. The Hall–Kier alpha value is -4.83. The van der Waals surface area contributed by atoms with Gasteiger partial charge in [-0.25, -0.2) is 9.69 Å². The predicted molar refractivity (Wildman–Crippen MR) is 153 cm³/mol. The van der Waals surface area contributed by atoms with Crippen LogP contribution < -0.4 is 9.64 Å². The molecule has 4 aliphatic carbocycles. The molecule has 43 heavy (non-hydrogen) atoms. The third kappa shape index (κ3) is 4.49. The zero-order chi connectivity index (χ0) is 30.0. The van der Waals surface area contributed by atoms with Crippen molar-refractivity contribution in [2.75, 3.05) is 11.5 Å². The van der Waals surface area contributed by atoms with Gasteiger partial charge in [0.2, 0.25) is 17.6 Å². The van der Waals surface area contributed by atoms with E-state index in [1.54, 1.807) is 12.1 Å². The number of nitro groups is 1. The van der Waals surface area contributed by atoms with Crippen molar-refractivity contribution < 1.29 is 33.6 Å². The van der Waals surface area contributed by atoms with E-state index in [4.69, 9.17) is 21.1 Å². The molecule has 11 heteroatoms. The fourth-order valence-corrected chi connectivity index (χ4v) is 7.06. The number of carbonyl (C=O) groups excluding carboxylic acids is 4. The summed E-state index contributed by atoms with van der Waals surface area (Å²) < 4.78 is 10.8. The average Bonchev–Trinajstić information content (AvgIpc) is 3.79. The molecule has 8 rings (SSSR count). The molecule has 3 fully saturated rings. The van der Waals surface area contributed by atoms with Gasteiger partial charge in [0.15, 0.2) is 12.4 Å². The second kappa shape index (κ2) is 10.2. The predicted octanol–water partition coefficient (Wildman–Crippen LogP) is 5.64. The van der Waals surface area contributed by atoms with Gasteiger partial charge in [-0.3, -0.25) is 24.5 Å². The third-order valence-electron chi connectivity index (χ3n) is 8.88. The Bertz CT molecular complexity index is 1720. The molecule has 6 atom stereocenters. The molecule has 0 N–H and O–H groups in total. The molecule has 0 spiro atoms. The largest absolute Gasteiger partial charge is 0.454 e. The minimum atomic E-state index is -0.777. The number of benzene rings is 3. The molecule has 0 unspecified atom stereocenters. The molecule has 5 aliphatic rings. The molecular weight excluding hydrogens is 576 g/mol. The standard InChI is InChI=1S/C32H23ClN2O8/c33-24-5-2-6-25(35(40)41)29(24)43-19-9-7-16(8-10-19)26(36)15-42-32(39)17-3-1-4-18(13-17)34-30(37)27-20-11-12-21(23-14-22(20)23)28(27)31(34)38/h1-13,20-23,27-28H,14-15H2/t20-,21-,22-,23+,27-,28-/m1/s1. The number of para-hydroxylation sites is 1. The zero-order valence-electron chi connectivity index (χ0n) is 22.4.